The molecule has 3 heteroatoms. The highest BCUT2D eigenvalue weighted by atomic mass is 14.9. The van der Waals surface area contributed by atoms with E-state index in [2.05, 4.69) is 35.2 Å². The van der Waals surface area contributed by atoms with Crippen molar-refractivity contribution in [1.82, 2.24) is 9.97 Å². The fourth-order valence-corrected chi connectivity index (χ4v) is 1.69. The average molecular weight is 227 g/mol. The number of hydrogen-bond acceptors (Lipinski definition) is 3. The molecule has 0 radical (unpaired) electrons. The van der Waals surface area contributed by atoms with Gasteiger partial charge in [-0.1, -0.05) is 6.92 Å². The van der Waals surface area contributed by atoms with Gasteiger partial charge in [-0.05, 0) is 37.1 Å². The maximum Gasteiger partial charge on any atom is 0.0740 e. The molecule has 1 N–H and O–H groups in total. The van der Waals surface area contributed by atoms with Gasteiger partial charge in [0.1, 0.15) is 0 Å². The van der Waals surface area contributed by atoms with Crippen molar-refractivity contribution in [2.75, 3.05) is 11.9 Å². The van der Waals surface area contributed by atoms with Gasteiger partial charge in [0.05, 0.1) is 5.69 Å². The van der Waals surface area contributed by atoms with Crippen LogP contribution in [0.3, 0.4) is 0 Å². The molecule has 0 aromatic carbocycles. The lowest BCUT2D eigenvalue weighted by Gasteiger charge is -2.08. The van der Waals surface area contributed by atoms with Crippen molar-refractivity contribution in [2.24, 2.45) is 0 Å². The van der Waals surface area contributed by atoms with Crippen LogP contribution in [0.4, 0.5) is 5.69 Å². The first-order chi connectivity index (χ1) is 8.31. The van der Waals surface area contributed by atoms with Crippen LogP contribution < -0.4 is 5.32 Å². The zero-order valence-electron chi connectivity index (χ0n) is 10.3. The smallest absolute Gasteiger partial charge is 0.0740 e. The number of nitrogens with one attached hydrogen (secondary N) is 1. The molecule has 2 aromatic heterocycles. The molecule has 0 aliphatic rings. The third-order valence-electron chi connectivity index (χ3n) is 2.65. The molecule has 2 heterocycles. The largest absolute Gasteiger partial charge is 0.385 e. The maximum atomic E-state index is 4.40. The van der Waals surface area contributed by atoms with Crippen LogP contribution in [-0.2, 0) is 0 Å². The summed E-state index contributed by atoms with van der Waals surface area (Å²) < 4.78 is 0. The molecule has 88 valence electrons. The Kier molecular flexibility index (Phi) is 3.70. The lowest BCUT2D eigenvalue weighted by atomic mass is 10.1. The molecule has 0 aliphatic heterocycles. The molecule has 0 unspecified atom stereocenters. The minimum Gasteiger partial charge on any atom is -0.385 e. The molecule has 2 aromatic rings. The fraction of sp³-hybridized carbons (Fsp3) is 0.286. The van der Waals surface area contributed by atoms with Crippen molar-refractivity contribution < 1.29 is 0 Å². The predicted molar refractivity (Wildman–Crippen MR) is 71.0 cm³/mol. The maximum absolute atomic E-state index is 4.40. The Bertz CT molecular complexity index is 494. The zero-order chi connectivity index (χ0) is 12.1. The van der Waals surface area contributed by atoms with E-state index in [4.69, 9.17) is 0 Å². The van der Waals surface area contributed by atoms with E-state index in [1.54, 1.807) is 6.20 Å². The third kappa shape index (κ3) is 2.81. The zero-order valence-corrected chi connectivity index (χ0v) is 10.3. The lowest BCUT2D eigenvalue weighted by molar-refractivity contribution is 0.979. The third-order valence-corrected chi connectivity index (χ3v) is 2.65. The highest BCUT2D eigenvalue weighted by Crippen LogP contribution is 2.22. The summed E-state index contributed by atoms with van der Waals surface area (Å²) in [6.07, 6.45) is 6.61. The number of hydrogen-bond donors (Lipinski definition) is 1. The summed E-state index contributed by atoms with van der Waals surface area (Å²) in [5, 5.41) is 3.36. The Morgan fingerprint density at radius 1 is 1.24 bits per heavy atom. The monoisotopic (exact) mass is 227 g/mol. The summed E-state index contributed by atoms with van der Waals surface area (Å²) in [7, 11) is 0. The van der Waals surface area contributed by atoms with E-state index in [1.165, 1.54) is 5.56 Å². The van der Waals surface area contributed by atoms with E-state index in [0.717, 1.165) is 29.9 Å². The Labute approximate surface area is 102 Å². The van der Waals surface area contributed by atoms with E-state index >= 15 is 0 Å². The number of rotatable bonds is 4. The van der Waals surface area contributed by atoms with Crippen LogP contribution in [0.2, 0.25) is 0 Å². The van der Waals surface area contributed by atoms with Gasteiger partial charge in [0.2, 0.25) is 0 Å². The average Bonchev–Trinajstić information content (AvgIpc) is 2.37. The molecule has 0 aliphatic carbocycles. The van der Waals surface area contributed by atoms with E-state index in [0.29, 0.717) is 0 Å². The summed E-state index contributed by atoms with van der Waals surface area (Å²) >= 11 is 0. The van der Waals surface area contributed by atoms with Crippen LogP contribution in [0.5, 0.6) is 0 Å². The van der Waals surface area contributed by atoms with Crippen LogP contribution in [0.15, 0.2) is 36.8 Å². The Morgan fingerprint density at radius 2 is 2.12 bits per heavy atom. The molecule has 0 amide bonds. The van der Waals surface area contributed by atoms with Crippen molar-refractivity contribution in [2.45, 2.75) is 20.3 Å². The molecule has 0 saturated carbocycles. The summed E-state index contributed by atoms with van der Waals surface area (Å²) in [4.78, 5) is 8.55. The second-order valence-electron chi connectivity index (χ2n) is 4.05. The first-order valence-electron chi connectivity index (χ1n) is 5.92. The molecule has 3 nitrogen and oxygen atoms in total. The minimum atomic E-state index is 0.969. The number of nitrogens with zero attached hydrogens (tertiary/aromatic N) is 2. The molecule has 0 spiro atoms. The van der Waals surface area contributed by atoms with Crippen molar-refractivity contribution in [3.05, 3.63) is 42.4 Å². The normalized spacial score (nSPS) is 10.2. The quantitative estimate of drug-likeness (QED) is 0.871. The van der Waals surface area contributed by atoms with Crippen LogP contribution >= 0.6 is 0 Å². The van der Waals surface area contributed by atoms with E-state index in [1.807, 2.05) is 24.5 Å². The van der Waals surface area contributed by atoms with Gasteiger partial charge in [-0.3, -0.25) is 9.97 Å². The van der Waals surface area contributed by atoms with Crippen LogP contribution in [0, 0.1) is 6.92 Å². The molecule has 0 saturated heterocycles. The van der Waals surface area contributed by atoms with Gasteiger partial charge in [0.15, 0.2) is 0 Å². The van der Waals surface area contributed by atoms with Gasteiger partial charge < -0.3 is 5.32 Å². The molecule has 0 fully saturated rings. The molecule has 17 heavy (non-hydrogen) atoms. The van der Waals surface area contributed by atoms with Gasteiger partial charge in [0.25, 0.3) is 0 Å². The molecule has 2 rings (SSSR count). The predicted octanol–water partition coefficient (Wildman–Crippen LogP) is 3.27. The first kappa shape index (κ1) is 11.6. The fourth-order valence-electron chi connectivity index (χ4n) is 1.69. The number of aryl methyl sites for hydroxylation is 1. The summed E-state index contributed by atoms with van der Waals surface area (Å²) in [6, 6.07) is 6.06. The van der Waals surface area contributed by atoms with E-state index in [-0.39, 0.29) is 0 Å². The van der Waals surface area contributed by atoms with Gasteiger partial charge in [-0.2, -0.15) is 0 Å². The van der Waals surface area contributed by atoms with Crippen molar-refractivity contribution >= 4 is 5.69 Å². The first-order valence-corrected chi connectivity index (χ1v) is 5.92. The second kappa shape index (κ2) is 5.43. The number of aromatic nitrogens is 2. The van der Waals surface area contributed by atoms with E-state index < -0.39 is 0 Å². The van der Waals surface area contributed by atoms with Gasteiger partial charge in [0, 0.05) is 36.4 Å². The number of pyridine rings is 2. The van der Waals surface area contributed by atoms with Gasteiger partial charge in [-0.25, -0.2) is 0 Å². The van der Waals surface area contributed by atoms with Gasteiger partial charge >= 0.3 is 0 Å². The van der Waals surface area contributed by atoms with Gasteiger partial charge in [-0.15, -0.1) is 0 Å². The minimum absolute atomic E-state index is 0.969. The number of anilines is 1. The highest BCUT2D eigenvalue weighted by Gasteiger charge is 2.03. The second-order valence-corrected chi connectivity index (χ2v) is 4.05. The Morgan fingerprint density at radius 3 is 2.88 bits per heavy atom. The Balaban J connectivity index is 2.30. The van der Waals surface area contributed by atoms with Crippen molar-refractivity contribution in [3.8, 4) is 11.3 Å². The summed E-state index contributed by atoms with van der Waals surface area (Å²) in [5.41, 5.74) is 4.37. The molecule has 0 bridgehead atoms. The topological polar surface area (TPSA) is 37.8 Å². The molecular weight excluding hydrogens is 210 g/mol. The van der Waals surface area contributed by atoms with Crippen LogP contribution in [0.25, 0.3) is 11.3 Å². The molecular formula is C14H17N3. The van der Waals surface area contributed by atoms with Crippen LogP contribution in [0.1, 0.15) is 18.9 Å². The van der Waals surface area contributed by atoms with Crippen molar-refractivity contribution in [3.63, 3.8) is 0 Å². The standard InChI is InChI=1S/C14H17N3/c1-3-6-16-12-5-8-17-14(9-12)13-10-15-7-4-11(13)2/h4-5,7-10H,3,6H2,1-2H3,(H,16,17). The SMILES string of the molecule is CCCNc1ccnc(-c2cnccc2C)c1. The summed E-state index contributed by atoms with van der Waals surface area (Å²) in [6.45, 7) is 5.21. The lowest BCUT2D eigenvalue weighted by Crippen LogP contribution is -2.00. The highest BCUT2D eigenvalue weighted by molar-refractivity contribution is 5.66. The van der Waals surface area contributed by atoms with E-state index in [9.17, 15) is 0 Å². The van der Waals surface area contributed by atoms with Crippen LogP contribution in [-0.4, -0.2) is 16.5 Å². The van der Waals surface area contributed by atoms with Crippen molar-refractivity contribution in [1.29, 1.82) is 0 Å². The molecule has 0 atom stereocenters. The Hall–Kier alpha value is -1.90. The summed E-state index contributed by atoms with van der Waals surface area (Å²) in [5.74, 6) is 0.